The van der Waals surface area contributed by atoms with E-state index in [9.17, 15) is 4.79 Å². The van der Waals surface area contributed by atoms with Crippen LogP contribution in [0.25, 0.3) is 10.9 Å². The lowest BCUT2D eigenvalue weighted by molar-refractivity contribution is -0.118. The Hall–Kier alpha value is -3.09. The zero-order valence-electron chi connectivity index (χ0n) is 14.0. The van der Waals surface area contributed by atoms with E-state index in [0.29, 0.717) is 25.6 Å². The van der Waals surface area contributed by atoms with Crippen LogP contribution in [-0.2, 0) is 11.2 Å². The van der Waals surface area contributed by atoms with E-state index in [1.54, 1.807) is 18.6 Å². The van der Waals surface area contributed by atoms with Gasteiger partial charge >= 0.3 is 0 Å². The van der Waals surface area contributed by atoms with Crippen LogP contribution >= 0.6 is 0 Å². The molecule has 0 atom stereocenters. The predicted octanol–water partition coefficient (Wildman–Crippen LogP) is 2.09. The van der Waals surface area contributed by atoms with E-state index in [4.69, 9.17) is 9.47 Å². The number of amides is 1. The zero-order chi connectivity index (χ0) is 17.5. The van der Waals surface area contributed by atoms with Crippen molar-refractivity contribution in [2.75, 3.05) is 19.8 Å². The lowest BCUT2D eigenvalue weighted by Gasteiger charge is -2.08. The van der Waals surface area contributed by atoms with Gasteiger partial charge in [-0.25, -0.2) is 4.98 Å². The van der Waals surface area contributed by atoms with Crippen LogP contribution in [0.3, 0.4) is 0 Å². The van der Waals surface area contributed by atoms with Gasteiger partial charge in [-0.2, -0.15) is 0 Å². The summed E-state index contributed by atoms with van der Waals surface area (Å²) in [4.78, 5) is 22.2. The van der Waals surface area contributed by atoms with Gasteiger partial charge in [0.2, 0.25) is 11.8 Å². The van der Waals surface area contributed by atoms with Crippen LogP contribution in [0, 0.1) is 0 Å². The third-order valence-electron chi connectivity index (χ3n) is 3.65. The summed E-state index contributed by atoms with van der Waals surface area (Å²) in [6.45, 7) is 2.93. The van der Waals surface area contributed by atoms with Crippen LogP contribution in [0.1, 0.15) is 12.5 Å². The Kier molecular flexibility index (Phi) is 5.46. The van der Waals surface area contributed by atoms with Crippen molar-refractivity contribution in [3.8, 4) is 11.6 Å². The molecule has 130 valence electrons. The number of aromatic amines is 1. The average molecular weight is 340 g/mol. The van der Waals surface area contributed by atoms with E-state index in [0.717, 1.165) is 28.6 Å². The van der Waals surface area contributed by atoms with Gasteiger partial charge in [-0.15, -0.1) is 0 Å². The monoisotopic (exact) mass is 340 g/mol. The SMILES string of the molecule is CC(=O)NCCc1c[nH]c2ccc(OCCOc3cnccn3)cc12. The fraction of sp³-hybridized carbons (Fsp3) is 0.278. The molecule has 3 rings (SSSR count). The first kappa shape index (κ1) is 16.8. The molecule has 2 N–H and O–H groups in total. The maximum atomic E-state index is 11.0. The number of hydrogen-bond donors (Lipinski definition) is 2. The van der Waals surface area contributed by atoms with Gasteiger partial charge in [0.1, 0.15) is 19.0 Å². The fourth-order valence-corrected chi connectivity index (χ4v) is 2.49. The largest absolute Gasteiger partial charge is 0.490 e. The van der Waals surface area contributed by atoms with Gasteiger partial charge in [0.05, 0.1) is 6.20 Å². The Labute approximate surface area is 145 Å². The summed E-state index contributed by atoms with van der Waals surface area (Å²) in [5, 5.41) is 3.90. The summed E-state index contributed by atoms with van der Waals surface area (Å²) in [7, 11) is 0. The van der Waals surface area contributed by atoms with Crippen molar-refractivity contribution in [2.45, 2.75) is 13.3 Å². The first-order valence-corrected chi connectivity index (χ1v) is 8.08. The number of fused-ring (bicyclic) bond motifs is 1. The number of carbonyl (C=O) groups excluding carboxylic acids is 1. The second-order valence-electron chi connectivity index (χ2n) is 5.49. The molecule has 0 aliphatic rings. The minimum atomic E-state index is -0.0213. The lowest BCUT2D eigenvalue weighted by atomic mass is 10.1. The lowest BCUT2D eigenvalue weighted by Crippen LogP contribution is -2.22. The van der Waals surface area contributed by atoms with E-state index in [2.05, 4.69) is 20.3 Å². The van der Waals surface area contributed by atoms with E-state index < -0.39 is 0 Å². The van der Waals surface area contributed by atoms with Crippen LogP contribution in [0.2, 0.25) is 0 Å². The molecule has 3 aromatic rings. The predicted molar refractivity (Wildman–Crippen MR) is 93.7 cm³/mol. The molecule has 0 aliphatic heterocycles. The third-order valence-corrected chi connectivity index (χ3v) is 3.65. The van der Waals surface area contributed by atoms with Crippen molar-refractivity contribution < 1.29 is 14.3 Å². The highest BCUT2D eigenvalue weighted by atomic mass is 16.5. The maximum Gasteiger partial charge on any atom is 0.232 e. The van der Waals surface area contributed by atoms with Gasteiger partial charge in [-0.05, 0) is 30.2 Å². The van der Waals surface area contributed by atoms with Gasteiger partial charge in [-0.3, -0.25) is 9.78 Å². The Morgan fingerprint density at radius 2 is 2.12 bits per heavy atom. The average Bonchev–Trinajstić information content (AvgIpc) is 3.02. The van der Waals surface area contributed by atoms with Crippen molar-refractivity contribution in [1.29, 1.82) is 0 Å². The zero-order valence-corrected chi connectivity index (χ0v) is 14.0. The molecule has 0 saturated heterocycles. The molecule has 0 bridgehead atoms. The number of nitrogens with zero attached hydrogens (tertiary/aromatic N) is 2. The summed E-state index contributed by atoms with van der Waals surface area (Å²) >= 11 is 0. The topological polar surface area (TPSA) is 89.1 Å². The van der Waals surface area contributed by atoms with Gasteiger partial charge < -0.3 is 19.8 Å². The standard InChI is InChI=1S/C18H20N4O3/c1-13(23)20-5-4-14-11-22-17-3-2-15(10-16(14)17)24-8-9-25-18-12-19-6-7-21-18/h2-3,6-7,10-12,22H,4-5,8-9H2,1H3,(H,20,23). The van der Waals surface area contributed by atoms with E-state index in [1.165, 1.54) is 6.92 Å². The van der Waals surface area contributed by atoms with Crippen molar-refractivity contribution >= 4 is 16.8 Å². The summed E-state index contributed by atoms with van der Waals surface area (Å²) in [6.07, 6.45) is 7.47. The van der Waals surface area contributed by atoms with Crippen molar-refractivity contribution in [2.24, 2.45) is 0 Å². The van der Waals surface area contributed by atoms with Gasteiger partial charge in [-0.1, -0.05) is 0 Å². The minimum absolute atomic E-state index is 0.0213. The first-order valence-electron chi connectivity index (χ1n) is 8.08. The Morgan fingerprint density at radius 3 is 2.92 bits per heavy atom. The number of nitrogens with one attached hydrogen (secondary N) is 2. The van der Waals surface area contributed by atoms with Crippen LogP contribution in [0.5, 0.6) is 11.6 Å². The summed E-state index contributed by atoms with van der Waals surface area (Å²) in [6, 6.07) is 5.89. The van der Waals surface area contributed by atoms with E-state index in [-0.39, 0.29) is 5.91 Å². The van der Waals surface area contributed by atoms with Crippen molar-refractivity contribution in [3.63, 3.8) is 0 Å². The Morgan fingerprint density at radius 1 is 1.24 bits per heavy atom. The van der Waals surface area contributed by atoms with E-state index in [1.807, 2.05) is 24.4 Å². The van der Waals surface area contributed by atoms with Crippen LogP contribution in [-0.4, -0.2) is 40.6 Å². The Bertz CT molecular complexity index is 833. The molecule has 0 aliphatic carbocycles. The Balaban J connectivity index is 1.55. The molecule has 7 nitrogen and oxygen atoms in total. The summed E-state index contributed by atoms with van der Waals surface area (Å²) in [5.41, 5.74) is 2.19. The first-order chi connectivity index (χ1) is 12.2. The van der Waals surface area contributed by atoms with Crippen LogP contribution < -0.4 is 14.8 Å². The number of H-pyrrole nitrogens is 1. The minimum Gasteiger partial charge on any atom is -0.490 e. The molecule has 0 unspecified atom stereocenters. The number of carbonyl (C=O) groups is 1. The molecule has 25 heavy (non-hydrogen) atoms. The number of rotatable bonds is 8. The van der Waals surface area contributed by atoms with Crippen molar-refractivity contribution in [1.82, 2.24) is 20.3 Å². The van der Waals surface area contributed by atoms with Crippen LogP contribution in [0.15, 0.2) is 43.0 Å². The number of aromatic nitrogens is 3. The number of hydrogen-bond acceptors (Lipinski definition) is 5. The molecule has 0 saturated carbocycles. The second kappa shape index (κ2) is 8.14. The van der Waals surface area contributed by atoms with E-state index >= 15 is 0 Å². The quantitative estimate of drug-likeness (QED) is 0.613. The molecule has 0 spiro atoms. The number of benzene rings is 1. The highest BCUT2D eigenvalue weighted by Crippen LogP contribution is 2.24. The molecule has 0 fully saturated rings. The smallest absolute Gasteiger partial charge is 0.232 e. The molecule has 1 amide bonds. The highest BCUT2D eigenvalue weighted by molar-refractivity contribution is 5.84. The number of ether oxygens (including phenoxy) is 2. The second-order valence-corrected chi connectivity index (χ2v) is 5.49. The third kappa shape index (κ3) is 4.69. The molecule has 2 aromatic heterocycles. The molecule has 2 heterocycles. The molecular formula is C18H20N4O3. The highest BCUT2D eigenvalue weighted by Gasteiger charge is 2.06. The summed E-state index contributed by atoms with van der Waals surface area (Å²) < 4.78 is 11.2. The molecule has 0 radical (unpaired) electrons. The molecule has 1 aromatic carbocycles. The van der Waals surface area contributed by atoms with Gasteiger partial charge in [0, 0.05) is 43.0 Å². The van der Waals surface area contributed by atoms with Crippen LogP contribution in [0.4, 0.5) is 0 Å². The van der Waals surface area contributed by atoms with Gasteiger partial charge in [0.25, 0.3) is 0 Å². The fourth-order valence-electron chi connectivity index (χ4n) is 2.49. The molecular weight excluding hydrogens is 320 g/mol. The molecule has 7 heteroatoms. The normalized spacial score (nSPS) is 10.6. The van der Waals surface area contributed by atoms with Gasteiger partial charge in [0.15, 0.2) is 0 Å². The summed E-state index contributed by atoms with van der Waals surface area (Å²) in [5.74, 6) is 1.23. The maximum absolute atomic E-state index is 11.0. The van der Waals surface area contributed by atoms with Crippen molar-refractivity contribution in [3.05, 3.63) is 48.5 Å².